The summed E-state index contributed by atoms with van der Waals surface area (Å²) >= 11 is 0. The lowest BCUT2D eigenvalue weighted by Gasteiger charge is -2.58. The van der Waals surface area contributed by atoms with E-state index < -0.39 is 5.60 Å². The third kappa shape index (κ3) is 3.34. The Morgan fingerprint density at radius 1 is 1.06 bits per heavy atom. The summed E-state index contributed by atoms with van der Waals surface area (Å²) < 4.78 is 5.57. The molecule has 7 atom stereocenters. The van der Waals surface area contributed by atoms with Gasteiger partial charge in [0, 0.05) is 24.3 Å². The molecule has 0 spiro atoms. The zero-order chi connectivity index (χ0) is 22.6. The largest absolute Gasteiger partial charge is 0.462 e. The molecular formula is C29H36O3. The summed E-state index contributed by atoms with van der Waals surface area (Å²) in [6.45, 7) is 6.28. The number of hydrogen-bond donors (Lipinski definition) is 1. The number of benzene rings is 1. The monoisotopic (exact) mass is 432 g/mol. The number of fused-ring (bicyclic) bond motifs is 5. The van der Waals surface area contributed by atoms with Crippen molar-refractivity contribution in [1.29, 1.82) is 0 Å². The van der Waals surface area contributed by atoms with E-state index in [2.05, 4.69) is 31.8 Å². The van der Waals surface area contributed by atoms with Gasteiger partial charge in [-0.05, 0) is 80.2 Å². The molecule has 1 aromatic rings. The van der Waals surface area contributed by atoms with E-state index in [1.807, 2.05) is 30.3 Å². The number of ether oxygens (including phenoxy) is 1. The van der Waals surface area contributed by atoms with Crippen molar-refractivity contribution in [3.63, 3.8) is 0 Å². The highest BCUT2D eigenvalue weighted by Gasteiger charge is 2.63. The first-order valence-corrected chi connectivity index (χ1v) is 12.4. The van der Waals surface area contributed by atoms with Gasteiger partial charge in [-0.3, -0.25) is 4.79 Å². The highest BCUT2D eigenvalue weighted by Crippen LogP contribution is 2.67. The van der Waals surface area contributed by atoms with Crippen LogP contribution < -0.4 is 0 Å². The highest BCUT2D eigenvalue weighted by molar-refractivity contribution is 5.66. The molecule has 0 bridgehead atoms. The molecular weight excluding hydrogens is 396 g/mol. The Labute approximate surface area is 192 Å². The fourth-order valence-corrected chi connectivity index (χ4v) is 7.88. The first-order valence-electron chi connectivity index (χ1n) is 12.4. The van der Waals surface area contributed by atoms with E-state index >= 15 is 0 Å². The average Bonchev–Trinajstić information content (AvgIpc) is 3.04. The highest BCUT2D eigenvalue weighted by atomic mass is 16.5. The average molecular weight is 433 g/mol. The van der Waals surface area contributed by atoms with Crippen LogP contribution in [-0.4, -0.2) is 22.8 Å². The van der Waals surface area contributed by atoms with Crippen LogP contribution >= 0.6 is 0 Å². The number of aliphatic hydroxyl groups is 1. The SMILES string of the molecule is CC(=O)O[C@H]1CC[C@@]2(C)C(=CC[C@H]3[C@H]2CC[C@@]2(C)[C@@H]3CC[C@@]2(O)C#Cc2ccccc2)C1. The van der Waals surface area contributed by atoms with Crippen molar-refractivity contribution in [3.8, 4) is 11.8 Å². The van der Waals surface area contributed by atoms with Crippen LogP contribution in [0.4, 0.5) is 0 Å². The zero-order valence-corrected chi connectivity index (χ0v) is 19.7. The van der Waals surface area contributed by atoms with Crippen molar-refractivity contribution < 1.29 is 14.6 Å². The fourth-order valence-electron chi connectivity index (χ4n) is 7.88. The summed E-state index contributed by atoms with van der Waals surface area (Å²) in [7, 11) is 0. The molecule has 0 heterocycles. The lowest BCUT2D eigenvalue weighted by Crippen LogP contribution is -2.54. The van der Waals surface area contributed by atoms with E-state index in [9.17, 15) is 9.90 Å². The van der Waals surface area contributed by atoms with E-state index in [4.69, 9.17) is 4.74 Å². The van der Waals surface area contributed by atoms with Gasteiger partial charge in [-0.25, -0.2) is 0 Å². The Balaban J connectivity index is 1.40. The first kappa shape index (κ1) is 21.8. The van der Waals surface area contributed by atoms with E-state index in [0.717, 1.165) is 56.9 Å². The molecule has 0 unspecified atom stereocenters. The van der Waals surface area contributed by atoms with Gasteiger partial charge in [0.25, 0.3) is 0 Å². The minimum atomic E-state index is -0.906. The van der Waals surface area contributed by atoms with Crippen LogP contribution in [0.1, 0.15) is 77.7 Å². The maximum Gasteiger partial charge on any atom is 0.302 e. The van der Waals surface area contributed by atoms with Crippen LogP contribution in [0, 0.1) is 40.4 Å². The normalized spacial score (nSPS) is 42.4. The topological polar surface area (TPSA) is 46.5 Å². The molecule has 0 saturated heterocycles. The number of esters is 1. The van der Waals surface area contributed by atoms with Crippen LogP contribution in [0.25, 0.3) is 0 Å². The van der Waals surface area contributed by atoms with Gasteiger partial charge in [0.05, 0.1) is 0 Å². The molecule has 4 aliphatic carbocycles. The van der Waals surface area contributed by atoms with Crippen molar-refractivity contribution >= 4 is 5.97 Å². The number of allylic oxidation sites excluding steroid dienone is 1. The maximum absolute atomic E-state index is 11.8. The number of carbonyl (C=O) groups is 1. The van der Waals surface area contributed by atoms with E-state index in [0.29, 0.717) is 17.8 Å². The Bertz CT molecular complexity index is 985. The first-order chi connectivity index (χ1) is 15.3. The van der Waals surface area contributed by atoms with Crippen molar-refractivity contribution in [2.45, 2.75) is 83.8 Å². The van der Waals surface area contributed by atoms with Gasteiger partial charge in [-0.1, -0.05) is 55.5 Å². The summed E-state index contributed by atoms with van der Waals surface area (Å²) in [6, 6.07) is 10.0. The third-order valence-corrected chi connectivity index (χ3v) is 9.73. The molecule has 3 fully saturated rings. The predicted octanol–water partition coefficient (Wildman–Crippen LogP) is 5.66. The second-order valence-corrected chi connectivity index (χ2v) is 11.2. The summed E-state index contributed by atoms with van der Waals surface area (Å²) in [6.07, 6.45) is 10.6. The molecule has 3 heteroatoms. The summed E-state index contributed by atoms with van der Waals surface area (Å²) in [5.41, 5.74) is 1.64. The van der Waals surface area contributed by atoms with Gasteiger partial charge in [-0.2, -0.15) is 0 Å². The molecule has 0 radical (unpaired) electrons. The van der Waals surface area contributed by atoms with E-state index in [1.54, 1.807) is 0 Å². The fraction of sp³-hybridized carbons (Fsp3) is 0.621. The van der Waals surface area contributed by atoms with Crippen molar-refractivity contribution in [3.05, 3.63) is 47.5 Å². The van der Waals surface area contributed by atoms with Gasteiger partial charge < -0.3 is 9.84 Å². The second kappa shape index (κ2) is 7.77. The van der Waals surface area contributed by atoms with Gasteiger partial charge >= 0.3 is 5.97 Å². The van der Waals surface area contributed by atoms with Gasteiger partial charge in [0.15, 0.2) is 0 Å². The molecule has 0 aromatic heterocycles. The van der Waals surface area contributed by atoms with E-state index in [1.165, 1.54) is 12.5 Å². The number of hydrogen-bond acceptors (Lipinski definition) is 3. The van der Waals surface area contributed by atoms with Crippen molar-refractivity contribution in [2.75, 3.05) is 0 Å². The molecule has 0 aliphatic heterocycles. The quantitative estimate of drug-likeness (QED) is 0.354. The zero-order valence-electron chi connectivity index (χ0n) is 19.7. The summed E-state index contributed by atoms with van der Waals surface area (Å²) in [4.78, 5) is 11.5. The predicted molar refractivity (Wildman–Crippen MR) is 126 cm³/mol. The third-order valence-electron chi connectivity index (χ3n) is 9.73. The summed E-state index contributed by atoms with van der Waals surface area (Å²) in [5.74, 6) is 8.23. The lowest BCUT2D eigenvalue weighted by molar-refractivity contribution is -0.149. The molecule has 170 valence electrons. The standard InChI is InChI=1S/C29H36O3/c1-20(30)32-23-12-15-27(2)22(19-23)9-10-24-25(27)13-16-28(3)26(24)14-18-29(28,31)17-11-21-7-5-4-6-8-21/h4-9,23-26,31H,10,12-16,18-19H2,1-3H3/t23-,24-,25+,26+,27-,28-,29-/m0/s1. The Morgan fingerprint density at radius 3 is 2.56 bits per heavy atom. The minimum absolute atomic E-state index is 0.0436. The molecule has 3 nitrogen and oxygen atoms in total. The summed E-state index contributed by atoms with van der Waals surface area (Å²) in [5, 5.41) is 11.8. The minimum Gasteiger partial charge on any atom is -0.462 e. The smallest absolute Gasteiger partial charge is 0.302 e. The Morgan fingerprint density at radius 2 is 1.81 bits per heavy atom. The number of rotatable bonds is 1. The lowest BCUT2D eigenvalue weighted by atomic mass is 9.47. The number of carbonyl (C=O) groups excluding carboxylic acids is 1. The molecule has 32 heavy (non-hydrogen) atoms. The van der Waals surface area contributed by atoms with Gasteiger partial charge in [0.1, 0.15) is 11.7 Å². The maximum atomic E-state index is 11.8. The molecule has 3 saturated carbocycles. The molecule has 4 aliphatic rings. The van der Waals surface area contributed by atoms with E-state index in [-0.39, 0.29) is 22.9 Å². The van der Waals surface area contributed by atoms with Crippen LogP contribution in [-0.2, 0) is 9.53 Å². The van der Waals surface area contributed by atoms with Crippen molar-refractivity contribution in [1.82, 2.24) is 0 Å². The van der Waals surface area contributed by atoms with Crippen molar-refractivity contribution in [2.24, 2.45) is 28.6 Å². The van der Waals surface area contributed by atoms with Crippen LogP contribution in [0.3, 0.4) is 0 Å². The molecule has 1 aromatic carbocycles. The second-order valence-electron chi connectivity index (χ2n) is 11.2. The van der Waals surface area contributed by atoms with Gasteiger partial charge in [-0.15, -0.1) is 0 Å². The molecule has 0 amide bonds. The Kier molecular flexibility index (Phi) is 5.29. The Hall–Kier alpha value is -2.05. The molecule has 5 rings (SSSR count). The van der Waals surface area contributed by atoms with Crippen LogP contribution in [0.5, 0.6) is 0 Å². The molecule has 1 N–H and O–H groups in total. The van der Waals surface area contributed by atoms with Gasteiger partial charge in [0.2, 0.25) is 0 Å². The van der Waals surface area contributed by atoms with Crippen LogP contribution in [0.2, 0.25) is 0 Å². The van der Waals surface area contributed by atoms with Crippen LogP contribution in [0.15, 0.2) is 42.0 Å².